The Morgan fingerprint density at radius 2 is 1.89 bits per heavy atom. The van der Waals surface area contributed by atoms with Crippen LogP contribution in [-0.4, -0.2) is 5.11 Å². The van der Waals surface area contributed by atoms with Crippen molar-refractivity contribution in [2.24, 2.45) is 0 Å². The first-order valence-electron chi connectivity index (χ1n) is 5.64. The van der Waals surface area contributed by atoms with Crippen LogP contribution >= 0.6 is 15.9 Å². The van der Waals surface area contributed by atoms with Crippen LogP contribution < -0.4 is 5.32 Å². The van der Waals surface area contributed by atoms with E-state index in [2.05, 4.69) is 21.2 Å². The molecule has 5 heteroatoms. The second kappa shape index (κ2) is 5.57. The van der Waals surface area contributed by atoms with E-state index in [-0.39, 0.29) is 11.6 Å². The highest BCUT2D eigenvalue weighted by Gasteiger charge is 2.06. The maximum atomic E-state index is 13.4. The summed E-state index contributed by atoms with van der Waals surface area (Å²) in [7, 11) is 0. The number of aryl methyl sites for hydroxylation is 1. The predicted molar refractivity (Wildman–Crippen MR) is 74.2 cm³/mol. The van der Waals surface area contributed by atoms with Crippen molar-refractivity contribution in [1.82, 2.24) is 0 Å². The molecule has 2 rings (SSSR count). The summed E-state index contributed by atoms with van der Waals surface area (Å²) in [6, 6.07) is 7.20. The van der Waals surface area contributed by atoms with Crippen molar-refractivity contribution in [1.29, 1.82) is 0 Å². The molecular weight excluding hydrogens is 316 g/mol. The first-order valence-corrected chi connectivity index (χ1v) is 6.43. The molecule has 0 radical (unpaired) electrons. The van der Waals surface area contributed by atoms with Gasteiger partial charge in [-0.15, -0.1) is 0 Å². The van der Waals surface area contributed by atoms with Crippen molar-refractivity contribution in [3.63, 3.8) is 0 Å². The number of nitrogens with one attached hydrogen (secondary N) is 1. The molecule has 2 aromatic rings. The third kappa shape index (κ3) is 3.23. The summed E-state index contributed by atoms with van der Waals surface area (Å²) >= 11 is 3.11. The van der Waals surface area contributed by atoms with Gasteiger partial charge in [0.05, 0.1) is 4.47 Å². The monoisotopic (exact) mass is 327 g/mol. The molecule has 2 aromatic carbocycles. The molecule has 0 spiro atoms. The van der Waals surface area contributed by atoms with Crippen molar-refractivity contribution >= 4 is 21.6 Å². The van der Waals surface area contributed by atoms with Crippen molar-refractivity contribution < 1.29 is 13.9 Å². The van der Waals surface area contributed by atoms with Crippen LogP contribution in [0.5, 0.6) is 5.75 Å². The average molecular weight is 328 g/mol. The molecule has 0 aliphatic rings. The Kier molecular flexibility index (Phi) is 4.04. The van der Waals surface area contributed by atoms with E-state index in [0.717, 1.165) is 5.56 Å². The number of hydrogen-bond donors (Lipinski definition) is 2. The van der Waals surface area contributed by atoms with Crippen LogP contribution in [0.25, 0.3) is 0 Å². The van der Waals surface area contributed by atoms with E-state index in [9.17, 15) is 8.78 Å². The van der Waals surface area contributed by atoms with Crippen molar-refractivity contribution in [3.8, 4) is 5.75 Å². The van der Waals surface area contributed by atoms with Crippen LogP contribution in [0, 0.1) is 18.6 Å². The number of halogens is 3. The number of phenolic OH excluding ortho intramolecular Hbond substituents is 1. The largest absolute Gasteiger partial charge is 0.505 e. The molecule has 2 N–H and O–H groups in total. The van der Waals surface area contributed by atoms with Gasteiger partial charge in [-0.2, -0.15) is 0 Å². The Labute approximate surface area is 118 Å². The lowest BCUT2D eigenvalue weighted by Crippen LogP contribution is -2.02. The summed E-state index contributed by atoms with van der Waals surface area (Å²) in [5, 5.41) is 12.1. The molecular formula is C14H12BrF2NO. The molecule has 0 bridgehead atoms. The van der Waals surface area contributed by atoms with Gasteiger partial charge in [0.1, 0.15) is 5.82 Å². The maximum Gasteiger partial charge on any atom is 0.165 e. The third-order valence-electron chi connectivity index (χ3n) is 2.76. The first kappa shape index (κ1) is 13.8. The molecule has 0 amide bonds. The fraction of sp³-hybridized carbons (Fsp3) is 0.143. The standard InChI is InChI=1S/C14H12BrF2NO/c1-8-4-10(15)11(16)6-13(8)18-7-9-2-3-14(19)12(17)5-9/h2-6,18-19H,7H2,1H3. The van der Waals surface area contributed by atoms with Crippen LogP contribution in [0.2, 0.25) is 0 Å². The summed E-state index contributed by atoms with van der Waals surface area (Å²) in [5.41, 5.74) is 2.19. The molecule has 0 aliphatic carbocycles. The van der Waals surface area contributed by atoms with Gasteiger partial charge in [0.25, 0.3) is 0 Å². The quantitative estimate of drug-likeness (QED) is 0.878. The van der Waals surface area contributed by atoms with E-state index >= 15 is 0 Å². The van der Waals surface area contributed by atoms with E-state index in [4.69, 9.17) is 5.11 Å². The van der Waals surface area contributed by atoms with Gasteiger partial charge in [-0.3, -0.25) is 0 Å². The number of phenols is 1. The van der Waals surface area contributed by atoms with Crippen LogP contribution in [0.4, 0.5) is 14.5 Å². The number of anilines is 1. The van der Waals surface area contributed by atoms with Crippen LogP contribution in [0.3, 0.4) is 0 Å². The Morgan fingerprint density at radius 1 is 1.16 bits per heavy atom. The molecule has 0 atom stereocenters. The number of hydrogen-bond acceptors (Lipinski definition) is 2. The SMILES string of the molecule is Cc1cc(Br)c(F)cc1NCc1ccc(O)c(F)c1. The van der Waals surface area contributed by atoms with Gasteiger partial charge in [-0.1, -0.05) is 6.07 Å². The van der Waals surface area contributed by atoms with Gasteiger partial charge >= 0.3 is 0 Å². The zero-order chi connectivity index (χ0) is 14.0. The highest BCUT2D eigenvalue weighted by atomic mass is 79.9. The second-order valence-corrected chi connectivity index (χ2v) is 5.07. The third-order valence-corrected chi connectivity index (χ3v) is 3.37. The summed E-state index contributed by atoms with van der Waals surface area (Å²) < 4.78 is 27.0. The van der Waals surface area contributed by atoms with E-state index in [1.807, 2.05) is 6.92 Å². The Bertz CT molecular complexity index is 617. The lowest BCUT2D eigenvalue weighted by molar-refractivity contribution is 0.432. The molecule has 0 heterocycles. The minimum absolute atomic E-state index is 0.346. The minimum atomic E-state index is -0.669. The van der Waals surface area contributed by atoms with Gasteiger partial charge < -0.3 is 10.4 Å². The highest BCUT2D eigenvalue weighted by molar-refractivity contribution is 9.10. The number of benzene rings is 2. The molecule has 0 aromatic heterocycles. The summed E-state index contributed by atoms with van der Waals surface area (Å²) in [6.07, 6.45) is 0. The molecule has 0 saturated carbocycles. The van der Waals surface area contributed by atoms with Crippen molar-refractivity contribution in [3.05, 3.63) is 57.6 Å². The second-order valence-electron chi connectivity index (χ2n) is 4.22. The van der Waals surface area contributed by atoms with Gasteiger partial charge in [-0.05, 0) is 58.2 Å². The van der Waals surface area contributed by atoms with E-state index < -0.39 is 5.82 Å². The predicted octanol–water partition coefficient (Wildman–Crippen LogP) is 4.35. The van der Waals surface area contributed by atoms with Gasteiger partial charge in [0, 0.05) is 12.2 Å². The molecule has 100 valence electrons. The van der Waals surface area contributed by atoms with E-state index in [0.29, 0.717) is 22.3 Å². The van der Waals surface area contributed by atoms with Crippen LogP contribution in [0.1, 0.15) is 11.1 Å². The van der Waals surface area contributed by atoms with E-state index in [1.165, 1.54) is 18.2 Å². The molecule has 19 heavy (non-hydrogen) atoms. The maximum absolute atomic E-state index is 13.4. The topological polar surface area (TPSA) is 32.3 Å². The zero-order valence-electron chi connectivity index (χ0n) is 10.2. The summed E-state index contributed by atoms with van der Waals surface area (Å²) in [5.74, 6) is -1.40. The van der Waals surface area contributed by atoms with E-state index in [1.54, 1.807) is 12.1 Å². The lowest BCUT2D eigenvalue weighted by atomic mass is 10.1. The Morgan fingerprint density at radius 3 is 2.58 bits per heavy atom. The zero-order valence-corrected chi connectivity index (χ0v) is 11.8. The number of aromatic hydroxyl groups is 1. The normalized spacial score (nSPS) is 10.5. The Hall–Kier alpha value is -1.62. The molecule has 2 nitrogen and oxygen atoms in total. The first-order chi connectivity index (χ1) is 8.97. The van der Waals surface area contributed by atoms with Crippen LogP contribution in [0.15, 0.2) is 34.8 Å². The van der Waals surface area contributed by atoms with Gasteiger partial charge in [-0.25, -0.2) is 8.78 Å². The van der Waals surface area contributed by atoms with Crippen LogP contribution in [-0.2, 0) is 6.54 Å². The van der Waals surface area contributed by atoms with Crippen molar-refractivity contribution in [2.45, 2.75) is 13.5 Å². The van der Waals surface area contributed by atoms with Crippen molar-refractivity contribution in [2.75, 3.05) is 5.32 Å². The fourth-order valence-electron chi connectivity index (χ4n) is 1.69. The molecule has 0 fully saturated rings. The minimum Gasteiger partial charge on any atom is -0.505 e. The number of rotatable bonds is 3. The molecule has 0 saturated heterocycles. The highest BCUT2D eigenvalue weighted by Crippen LogP contribution is 2.24. The lowest BCUT2D eigenvalue weighted by Gasteiger charge is -2.11. The fourth-order valence-corrected chi connectivity index (χ4v) is 2.15. The molecule has 0 unspecified atom stereocenters. The Balaban J connectivity index is 2.14. The van der Waals surface area contributed by atoms with Gasteiger partial charge in [0.2, 0.25) is 0 Å². The molecule has 0 aliphatic heterocycles. The van der Waals surface area contributed by atoms with Gasteiger partial charge in [0.15, 0.2) is 11.6 Å². The average Bonchev–Trinajstić information content (AvgIpc) is 2.36. The smallest absolute Gasteiger partial charge is 0.165 e. The summed E-state index contributed by atoms with van der Waals surface area (Å²) in [6.45, 7) is 2.20. The summed E-state index contributed by atoms with van der Waals surface area (Å²) in [4.78, 5) is 0.